The number of urea groups is 1. The van der Waals surface area contributed by atoms with Gasteiger partial charge in [-0.25, -0.2) is 14.6 Å². The van der Waals surface area contributed by atoms with Gasteiger partial charge in [-0.15, -0.1) is 0 Å². The molecule has 5 amide bonds. The van der Waals surface area contributed by atoms with Crippen molar-refractivity contribution in [2.24, 2.45) is 10.8 Å². The van der Waals surface area contributed by atoms with Gasteiger partial charge in [-0.3, -0.25) is 20.0 Å². The predicted octanol–water partition coefficient (Wildman–Crippen LogP) is 4.27. The second-order valence-corrected chi connectivity index (χ2v) is 17.6. The van der Waals surface area contributed by atoms with Crippen molar-refractivity contribution in [2.75, 3.05) is 26.7 Å². The number of carbonyl (C=O) groups is 4. The van der Waals surface area contributed by atoms with Gasteiger partial charge in [-0.1, -0.05) is 90.1 Å². The van der Waals surface area contributed by atoms with Crippen LogP contribution in [0, 0.1) is 10.8 Å². The molecule has 6 N–H and O–H groups in total. The first-order valence-electron chi connectivity index (χ1n) is 19.5. The van der Waals surface area contributed by atoms with Gasteiger partial charge in [0.1, 0.15) is 23.4 Å². The van der Waals surface area contributed by atoms with Crippen LogP contribution in [0.3, 0.4) is 0 Å². The van der Waals surface area contributed by atoms with Crippen LogP contribution in [0.4, 0.5) is 9.59 Å². The van der Waals surface area contributed by atoms with Crippen LogP contribution in [0.15, 0.2) is 72.8 Å². The van der Waals surface area contributed by atoms with Crippen LogP contribution in [0.1, 0.15) is 77.9 Å². The molecular formula is C43H61N7O8. The number of carbonyl (C=O) groups excluding carboxylic acids is 3. The summed E-state index contributed by atoms with van der Waals surface area (Å²) in [4.78, 5) is 61.7. The molecule has 0 saturated carbocycles. The van der Waals surface area contributed by atoms with Gasteiger partial charge >= 0.3 is 12.1 Å². The summed E-state index contributed by atoms with van der Waals surface area (Å²) < 4.78 is 5.30. The smallest absolute Gasteiger partial charge is 0.405 e. The number of ether oxygens (including phenoxy) is 1. The van der Waals surface area contributed by atoms with Crippen molar-refractivity contribution in [1.82, 2.24) is 35.9 Å². The summed E-state index contributed by atoms with van der Waals surface area (Å²) in [5.74, 6) is -0.437. The van der Waals surface area contributed by atoms with Crippen molar-refractivity contribution in [1.29, 1.82) is 0 Å². The molecule has 0 bridgehead atoms. The number of aliphatic hydroxyl groups is 2. The highest BCUT2D eigenvalue weighted by molar-refractivity contribution is 5.89. The van der Waals surface area contributed by atoms with E-state index in [-0.39, 0.29) is 38.6 Å². The zero-order valence-electron chi connectivity index (χ0n) is 35.2. The molecule has 0 spiro atoms. The Morgan fingerprint density at radius 1 is 0.845 bits per heavy atom. The van der Waals surface area contributed by atoms with E-state index < -0.39 is 58.6 Å². The number of benzene rings is 2. The van der Waals surface area contributed by atoms with Crippen LogP contribution >= 0.6 is 0 Å². The van der Waals surface area contributed by atoms with Gasteiger partial charge in [0.15, 0.2) is 0 Å². The van der Waals surface area contributed by atoms with E-state index in [0.717, 1.165) is 11.1 Å². The number of rotatable bonds is 17. The van der Waals surface area contributed by atoms with Crippen LogP contribution in [0.2, 0.25) is 0 Å². The number of aromatic nitrogens is 1. The molecule has 58 heavy (non-hydrogen) atoms. The Balaban J connectivity index is 1.61. The maximum absolute atomic E-state index is 14.5. The Morgan fingerprint density at radius 2 is 1.50 bits per heavy atom. The Labute approximate surface area is 341 Å². The largest absolute Gasteiger partial charge is 0.497 e. The highest BCUT2D eigenvalue weighted by Gasteiger charge is 2.44. The maximum atomic E-state index is 14.5. The Hall–Kier alpha value is -5.25. The standard InChI is InChI=1S/C43H61N7O8/c1-41(2,3)35(46-39(54)55)37(52)47-49(25-29-18-20-31(58-9)21-19-29)27-33(51)32(24-28-14-11-10-12-15-28)45-38(53)36(42(4,5)6)50-23-22-48(40(50)56)26-30-16-13-17-34(44-30)43(7,8)57/h10-21,32-33,35-36,46,51,57H,22-27H2,1-9H3,(H,45,53)(H,47,52)(H,54,55)/t32-,33-,35+,36+/m0/s1. The van der Waals surface area contributed by atoms with Crippen molar-refractivity contribution in [3.63, 3.8) is 0 Å². The molecule has 15 heteroatoms. The van der Waals surface area contributed by atoms with Crippen molar-refractivity contribution >= 4 is 23.9 Å². The van der Waals surface area contributed by atoms with Crippen molar-refractivity contribution in [3.8, 4) is 5.75 Å². The number of hydrogen-bond acceptors (Lipinski definition) is 9. The molecule has 1 aliphatic heterocycles. The topological polar surface area (TPSA) is 197 Å². The first kappa shape index (κ1) is 45.5. The van der Waals surface area contributed by atoms with Crippen molar-refractivity contribution in [2.45, 2.75) is 105 Å². The quantitative estimate of drug-likeness (QED) is 0.107. The Kier molecular flexibility index (Phi) is 14.9. The lowest BCUT2D eigenvalue weighted by molar-refractivity contribution is -0.133. The molecule has 1 aromatic heterocycles. The van der Waals surface area contributed by atoms with Crippen LogP contribution < -0.4 is 20.8 Å². The molecule has 1 saturated heterocycles. The van der Waals surface area contributed by atoms with Crippen LogP contribution in [-0.2, 0) is 34.7 Å². The number of amides is 5. The third-order valence-corrected chi connectivity index (χ3v) is 9.99. The summed E-state index contributed by atoms with van der Waals surface area (Å²) in [6.07, 6.45) is -2.39. The summed E-state index contributed by atoms with van der Waals surface area (Å²) in [5.41, 5.74) is 2.86. The van der Waals surface area contributed by atoms with E-state index in [0.29, 0.717) is 23.7 Å². The van der Waals surface area contributed by atoms with Gasteiger partial charge < -0.3 is 40.5 Å². The maximum Gasteiger partial charge on any atom is 0.405 e. The monoisotopic (exact) mass is 803 g/mol. The van der Waals surface area contributed by atoms with Crippen molar-refractivity contribution in [3.05, 3.63) is 95.3 Å². The second kappa shape index (κ2) is 19.0. The fraction of sp³-hybridized carbons (Fsp3) is 0.512. The molecular weight excluding hydrogens is 743 g/mol. The molecule has 2 heterocycles. The van der Waals surface area contributed by atoms with Crippen LogP contribution in [0.25, 0.3) is 0 Å². The van der Waals surface area contributed by atoms with Gasteiger partial charge in [0, 0.05) is 26.2 Å². The SMILES string of the molecule is COc1ccc(CN(C[C@H](O)[C@H](Cc2ccccc2)NC(=O)[C@@H](N2CCN(Cc3cccc(C(C)(C)O)n3)C2=O)C(C)(C)C)NC(=O)[C@@H](NC(=O)O)C(C)(C)C)cc1. The molecule has 15 nitrogen and oxygen atoms in total. The number of hydrogen-bond donors (Lipinski definition) is 6. The Bertz CT molecular complexity index is 1860. The minimum atomic E-state index is -1.35. The highest BCUT2D eigenvalue weighted by Crippen LogP contribution is 2.29. The summed E-state index contributed by atoms with van der Waals surface area (Å²) in [6, 6.07) is 18.6. The molecule has 1 fully saturated rings. The molecule has 4 rings (SSSR count). The molecule has 316 valence electrons. The number of nitrogens with zero attached hydrogens (tertiary/aromatic N) is 4. The van der Waals surface area contributed by atoms with Gasteiger partial charge in [0.25, 0.3) is 5.91 Å². The third kappa shape index (κ3) is 12.6. The number of carboxylic acid groups (broad SMARTS) is 1. The third-order valence-electron chi connectivity index (χ3n) is 9.99. The number of methoxy groups -OCH3 is 1. The summed E-state index contributed by atoms with van der Waals surface area (Å²) >= 11 is 0. The lowest BCUT2D eigenvalue weighted by atomic mass is 9.84. The molecule has 0 unspecified atom stereocenters. The van der Waals surface area contributed by atoms with Crippen LogP contribution in [0.5, 0.6) is 5.75 Å². The number of aliphatic hydroxyl groups excluding tert-OH is 1. The van der Waals surface area contributed by atoms with E-state index in [1.165, 1.54) is 5.01 Å². The number of nitrogens with one attached hydrogen (secondary N) is 3. The normalized spacial score (nSPS) is 15.8. The number of hydrazine groups is 1. The molecule has 1 aliphatic rings. The van der Waals surface area contributed by atoms with E-state index in [9.17, 15) is 34.5 Å². The molecule has 4 atom stereocenters. The molecule has 0 radical (unpaired) electrons. The number of pyridine rings is 1. The van der Waals surface area contributed by atoms with E-state index in [1.807, 2.05) is 63.2 Å². The fourth-order valence-corrected chi connectivity index (χ4v) is 6.98. The second-order valence-electron chi connectivity index (χ2n) is 17.6. The van der Waals surface area contributed by atoms with E-state index in [2.05, 4.69) is 21.0 Å². The van der Waals surface area contributed by atoms with Gasteiger partial charge in [-0.05, 0) is 66.5 Å². The predicted molar refractivity (Wildman–Crippen MR) is 219 cm³/mol. The van der Waals surface area contributed by atoms with E-state index in [4.69, 9.17) is 4.74 Å². The van der Waals surface area contributed by atoms with E-state index in [1.54, 1.807) is 81.9 Å². The van der Waals surface area contributed by atoms with Crippen LogP contribution in [-0.4, -0.2) is 110 Å². The van der Waals surface area contributed by atoms with Gasteiger partial charge in [-0.2, -0.15) is 0 Å². The van der Waals surface area contributed by atoms with E-state index >= 15 is 0 Å². The van der Waals surface area contributed by atoms with Crippen molar-refractivity contribution < 1.29 is 39.2 Å². The minimum absolute atomic E-state index is 0.124. The average Bonchev–Trinajstić information content (AvgIpc) is 3.47. The highest BCUT2D eigenvalue weighted by atomic mass is 16.5. The molecule has 0 aliphatic carbocycles. The summed E-state index contributed by atoms with van der Waals surface area (Å²) in [5, 5.41) is 39.0. The Morgan fingerprint density at radius 3 is 2.07 bits per heavy atom. The zero-order chi connectivity index (χ0) is 43.0. The average molecular weight is 804 g/mol. The molecule has 2 aromatic carbocycles. The lowest BCUT2D eigenvalue weighted by Crippen LogP contribution is -2.61. The first-order chi connectivity index (χ1) is 27.1. The fourth-order valence-electron chi connectivity index (χ4n) is 6.98. The molecule has 3 aromatic rings. The zero-order valence-corrected chi connectivity index (χ0v) is 35.2. The van der Waals surface area contributed by atoms with Gasteiger partial charge in [0.2, 0.25) is 5.91 Å². The van der Waals surface area contributed by atoms with Gasteiger partial charge in [0.05, 0.1) is 37.2 Å². The first-order valence-corrected chi connectivity index (χ1v) is 19.5. The minimum Gasteiger partial charge on any atom is -0.497 e. The summed E-state index contributed by atoms with van der Waals surface area (Å²) in [6.45, 7) is 15.0. The summed E-state index contributed by atoms with van der Waals surface area (Å²) in [7, 11) is 1.55. The lowest BCUT2D eigenvalue weighted by Gasteiger charge is -2.38.